The first kappa shape index (κ1) is 15.8. The standard InChI is InChI=1S/C11H9Cl2NO4S/c1-3-6(2)14-19(17,18)8-5-4-7(12)9(10(8)13)11(15)16/h1,4-6,14H,2H3,(H,15,16). The zero-order valence-electron chi connectivity index (χ0n) is 9.65. The molecule has 0 heterocycles. The van der Waals surface area contributed by atoms with E-state index in [4.69, 9.17) is 34.7 Å². The van der Waals surface area contributed by atoms with E-state index in [0.29, 0.717) is 0 Å². The first-order valence-corrected chi connectivity index (χ1v) is 7.14. The lowest BCUT2D eigenvalue weighted by atomic mass is 10.2. The summed E-state index contributed by atoms with van der Waals surface area (Å²) in [6.07, 6.45) is 5.07. The average molecular weight is 322 g/mol. The number of halogens is 2. The van der Waals surface area contributed by atoms with Crippen LogP contribution in [0.4, 0.5) is 0 Å². The molecule has 8 heteroatoms. The number of benzene rings is 1. The first-order chi connectivity index (χ1) is 8.70. The fourth-order valence-electron chi connectivity index (χ4n) is 1.27. The van der Waals surface area contributed by atoms with Crippen LogP contribution in [-0.2, 0) is 10.0 Å². The van der Waals surface area contributed by atoms with Gasteiger partial charge in [-0.25, -0.2) is 13.2 Å². The second-order valence-electron chi connectivity index (χ2n) is 3.55. The topological polar surface area (TPSA) is 83.5 Å². The highest BCUT2D eigenvalue weighted by molar-refractivity contribution is 7.89. The molecule has 0 saturated carbocycles. The van der Waals surface area contributed by atoms with Crippen LogP contribution in [0.3, 0.4) is 0 Å². The summed E-state index contributed by atoms with van der Waals surface area (Å²) in [6.45, 7) is 1.46. The highest BCUT2D eigenvalue weighted by atomic mass is 35.5. The van der Waals surface area contributed by atoms with Gasteiger partial charge < -0.3 is 5.11 Å². The third-order valence-electron chi connectivity index (χ3n) is 2.14. The van der Waals surface area contributed by atoms with E-state index >= 15 is 0 Å². The van der Waals surface area contributed by atoms with Crippen molar-refractivity contribution in [2.24, 2.45) is 0 Å². The van der Waals surface area contributed by atoms with Gasteiger partial charge in [0.15, 0.2) is 0 Å². The van der Waals surface area contributed by atoms with Crippen LogP contribution in [-0.4, -0.2) is 25.5 Å². The highest BCUT2D eigenvalue weighted by Crippen LogP contribution is 2.31. The van der Waals surface area contributed by atoms with Gasteiger partial charge in [-0.2, -0.15) is 4.72 Å². The third kappa shape index (κ3) is 3.39. The van der Waals surface area contributed by atoms with Crippen molar-refractivity contribution in [3.05, 3.63) is 27.7 Å². The van der Waals surface area contributed by atoms with Gasteiger partial charge in [-0.05, 0) is 19.1 Å². The maximum Gasteiger partial charge on any atom is 0.338 e. The van der Waals surface area contributed by atoms with Crippen molar-refractivity contribution in [3.8, 4) is 12.3 Å². The van der Waals surface area contributed by atoms with Crippen molar-refractivity contribution in [2.45, 2.75) is 17.9 Å². The van der Waals surface area contributed by atoms with E-state index in [-0.39, 0.29) is 5.02 Å². The van der Waals surface area contributed by atoms with E-state index < -0.39 is 37.5 Å². The Morgan fingerprint density at radius 1 is 1.47 bits per heavy atom. The number of carboxylic acid groups (broad SMARTS) is 1. The average Bonchev–Trinajstić information content (AvgIpc) is 2.27. The summed E-state index contributed by atoms with van der Waals surface area (Å²) in [5.74, 6) is 0.764. The van der Waals surface area contributed by atoms with Crippen molar-refractivity contribution >= 4 is 39.2 Å². The summed E-state index contributed by atoms with van der Waals surface area (Å²) in [7, 11) is -4.02. The molecule has 1 aromatic rings. The Balaban J connectivity index is 3.42. The number of nitrogens with one attached hydrogen (secondary N) is 1. The van der Waals surface area contributed by atoms with Crippen molar-refractivity contribution in [3.63, 3.8) is 0 Å². The van der Waals surface area contributed by atoms with E-state index in [1.807, 2.05) is 0 Å². The molecule has 2 N–H and O–H groups in total. The maximum absolute atomic E-state index is 12.0. The second kappa shape index (κ2) is 5.80. The van der Waals surface area contributed by atoms with Gasteiger partial charge in [0.1, 0.15) is 4.90 Å². The number of hydrogen-bond acceptors (Lipinski definition) is 3. The van der Waals surface area contributed by atoms with Gasteiger partial charge in [-0.3, -0.25) is 0 Å². The van der Waals surface area contributed by atoms with E-state index in [0.717, 1.165) is 12.1 Å². The van der Waals surface area contributed by atoms with Crippen LogP contribution in [0, 0.1) is 12.3 Å². The summed E-state index contributed by atoms with van der Waals surface area (Å²) in [4.78, 5) is 10.6. The van der Waals surface area contributed by atoms with Gasteiger partial charge in [0, 0.05) is 0 Å². The fraction of sp³-hybridized carbons (Fsp3) is 0.182. The van der Waals surface area contributed by atoms with E-state index in [1.165, 1.54) is 6.92 Å². The molecule has 0 radical (unpaired) electrons. The van der Waals surface area contributed by atoms with E-state index in [1.54, 1.807) is 0 Å². The summed E-state index contributed by atoms with van der Waals surface area (Å²) in [5, 5.41) is 8.34. The molecule has 19 heavy (non-hydrogen) atoms. The van der Waals surface area contributed by atoms with Crippen LogP contribution in [0.1, 0.15) is 17.3 Å². The van der Waals surface area contributed by atoms with Crippen LogP contribution >= 0.6 is 23.2 Å². The van der Waals surface area contributed by atoms with Crippen LogP contribution in [0.5, 0.6) is 0 Å². The Bertz CT molecular complexity index is 664. The zero-order chi connectivity index (χ0) is 14.8. The number of sulfonamides is 1. The number of rotatable bonds is 4. The lowest BCUT2D eigenvalue weighted by Crippen LogP contribution is -2.31. The summed E-state index contributed by atoms with van der Waals surface area (Å²) < 4.78 is 26.1. The molecule has 0 saturated heterocycles. The maximum atomic E-state index is 12.0. The molecule has 1 atom stereocenters. The molecule has 5 nitrogen and oxygen atoms in total. The molecule has 0 aliphatic carbocycles. The zero-order valence-corrected chi connectivity index (χ0v) is 12.0. The molecule has 0 fully saturated rings. The quantitative estimate of drug-likeness (QED) is 0.831. The number of carbonyl (C=O) groups is 1. The molecular formula is C11H9Cl2NO4S. The van der Waals surface area contributed by atoms with Crippen molar-refractivity contribution < 1.29 is 18.3 Å². The highest BCUT2D eigenvalue weighted by Gasteiger charge is 2.25. The molecule has 102 valence electrons. The smallest absolute Gasteiger partial charge is 0.338 e. The largest absolute Gasteiger partial charge is 0.478 e. The minimum Gasteiger partial charge on any atom is -0.478 e. The van der Waals surface area contributed by atoms with Gasteiger partial charge in [0.2, 0.25) is 10.0 Å². The predicted octanol–water partition coefficient (Wildman–Crippen LogP) is 1.99. The summed E-state index contributed by atoms with van der Waals surface area (Å²) in [5.41, 5.74) is -0.473. The Morgan fingerprint density at radius 2 is 2.05 bits per heavy atom. The minimum atomic E-state index is -4.02. The number of carboxylic acids is 1. The molecule has 1 unspecified atom stereocenters. The van der Waals surface area contributed by atoms with Crippen LogP contribution in [0.25, 0.3) is 0 Å². The van der Waals surface area contributed by atoms with Gasteiger partial charge in [0.25, 0.3) is 0 Å². The first-order valence-electron chi connectivity index (χ1n) is 4.90. The number of aromatic carboxylic acids is 1. The molecule has 0 bridgehead atoms. The second-order valence-corrected chi connectivity index (χ2v) is 6.02. The van der Waals surface area contributed by atoms with Crippen LogP contribution < -0.4 is 4.72 Å². The van der Waals surface area contributed by atoms with Gasteiger partial charge in [-0.1, -0.05) is 29.1 Å². The van der Waals surface area contributed by atoms with Gasteiger partial charge >= 0.3 is 5.97 Å². The van der Waals surface area contributed by atoms with Crippen molar-refractivity contribution in [1.29, 1.82) is 0 Å². The van der Waals surface area contributed by atoms with Crippen LogP contribution in [0.15, 0.2) is 17.0 Å². The number of terminal acetylenes is 1. The number of hydrogen-bond donors (Lipinski definition) is 2. The van der Waals surface area contributed by atoms with E-state index in [2.05, 4.69) is 10.6 Å². The van der Waals surface area contributed by atoms with Gasteiger partial charge in [-0.15, -0.1) is 6.42 Å². The molecular weight excluding hydrogens is 313 g/mol. The van der Waals surface area contributed by atoms with Crippen molar-refractivity contribution in [2.75, 3.05) is 0 Å². The summed E-state index contributed by atoms with van der Waals surface area (Å²) in [6, 6.07) is 1.50. The molecule has 1 rings (SSSR count). The van der Waals surface area contributed by atoms with Crippen molar-refractivity contribution in [1.82, 2.24) is 4.72 Å². The molecule has 0 amide bonds. The Hall–Kier alpha value is -1.26. The van der Waals surface area contributed by atoms with E-state index in [9.17, 15) is 13.2 Å². The van der Waals surface area contributed by atoms with Gasteiger partial charge in [0.05, 0.1) is 21.7 Å². The molecule has 1 aromatic carbocycles. The summed E-state index contributed by atoms with van der Waals surface area (Å²) >= 11 is 11.5. The minimum absolute atomic E-state index is 0.151. The molecule has 0 aromatic heterocycles. The monoisotopic (exact) mass is 321 g/mol. The van der Waals surface area contributed by atoms with Crippen LogP contribution in [0.2, 0.25) is 10.0 Å². The normalized spacial score (nSPS) is 12.7. The Labute approximate surface area is 120 Å². The Morgan fingerprint density at radius 3 is 2.53 bits per heavy atom. The molecule has 0 aliphatic rings. The third-order valence-corrected chi connectivity index (χ3v) is 4.54. The SMILES string of the molecule is C#CC(C)NS(=O)(=O)c1ccc(Cl)c(C(=O)O)c1Cl. The predicted molar refractivity (Wildman–Crippen MR) is 72.0 cm³/mol. The molecule has 0 aliphatic heterocycles. The fourth-order valence-corrected chi connectivity index (χ4v) is 3.35. The molecule has 0 spiro atoms. The lowest BCUT2D eigenvalue weighted by Gasteiger charge is -2.12. The Kier molecular flexibility index (Phi) is 4.82. The lowest BCUT2D eigenvalue weighted by molar-refractivity contribution is 0.0697.